The molecule has 1 aromatic heterocycles. The van der Waals surface area contributed by atoms with Gasteiger partial charge in [-0.15, -0.1) is 11.3 Å². The Morgan fingerprint density at radius 2 is 2.17 bits per heavy atom. The number of ether oxygens (including phenoxy) is 2. The first kappa shape index (κ1) is 17.4. The lowest BCUT2D eigenvalue weighted by Crippen LogP contribution is -2.56. The highest BCUT2D eigenvalue weighted by molar-refractivity contribution is 7.07. The van der Waals surface area contributed by atoms with Crippen molar-refractivity contribution in [1.29, 1.82) is 0 Å². The summed E-state index contributed by atoms with van der Waals surface area (Å²) in [5.41, 5.74) is 8.08. The summed E-state index contributed by atoms with van der Waals surface area (Å²) in [5.74, 6) is 1.06. The summed E-state index contributed by atoms with van der Waals surface area (Å²) in [6.45, 7) is 3.08. The van der Waals surface area contributed by atoms with E-state index in [0.29, 0.717) is 13.2 Å². The number of likely N-dealkylation sites (tertiary alicyclic amines) is 1. The average Bonchev–Trinajstić information content (AvgIpc) is 3.15. The second-order valence-electron chi connectivity index (χ2n) is 6.40. The molecule has 134 valence electrons. The number of aromatic nitrogens is 1. The normalized spacial score (nSPS) is 25.8. The third kappa shape index (κ3) is 3.99. The molecule has 2 aliphatic rings. The van der Waals surface area contributed by atoms with Crippen LogP contribution in [0.5, 0.6) is 0 Å². The summed E-state index contributed by atoms with van der Waals surface area (Å²) >= 11 is 1.62. The molecule has 0 bridgehead atoms. The number of thiazole rings is 1. The second-order valence-corrected chi connectivity index (χ2v) is 7.12. The number of piperidine rings is 2. The lowest BCUT2D eigenvalue weighted by atomic mass is 9.98. The molecule has 1 aromatic rings. The highest BCUT2D eigenvalue weighted by Crippen LogP contribution is 2.23. The van der Waals surface area contributed by atoms with E-state index < -0.39 is 0 Å². The van der Waals surface area contributed by atoms with Gasteiger partial charge < -0.3 is 25.0 Å². The number of carbonyl (C=O) groups is 1. The third-order valence-electron chi connectivity index (χ3n) is 4.93. The molecule has 0 saturated carbocycles. The Kier molecular flexibility index (Phi) is 5.91. The first-order chi connectivity index (χ1) is 11.7. The van der Waals surface area contributed by atoms with Crippen molar-refractivity contribution in [3.05, 3.63) is 10.9 Å². The molecule has 8 heteroatoms. The van der Waals surface area contributed by atoms with Crippen LogP contribution in [0.25, 0.3) is 0 Å². The minimum absolute atomic E-state index is 0.0482. The van der Waals surface area contributed by atoms with Gasteiger partial charge >= 0.3 is 6.09 Å². The maximum atomic E-state index is 11.9. The van der Waals surface area contributed by atoms with Crippen LogP contribution in [0.3, 0.4) is 0 Å². The van der Waals surface area contributed by atoms with Crippen LogP contribution in [0.4, 0.5) is 10.6 Å². The molecule has 0 aromatic carbocycles. The number of nitrogens with two attached hydrogens (primary N) is 1. The highest BCUT2D eigenvalue weighted by atomic mass is 32.1. The lowest BCUT2D eigenvalue weighted by molar-refractivity contribution is -0.0163. The minimum Gasteiger partial charge on any atom is -0.453 e. The van der Waals surface area contributed by atoms with Crippen LogP contribution in [0.1, 0.15) is 25.7 Å². The maximum absolute atomic E-state index is 11.9. The zero-order valence-electron chi connectivity index (χ0n) is 14.1. The molecule has 3 heterocycles. The van der Waals surface area contributed by atoms with Gasteiger partial charge in [0.15, 0.2) is 0 Å². The van der Waals surface area contributed by atoms with Gasteiger partial charge in [-0.25, -0.2) is 9.78 Å². The molecule has 2 atom stereocenters. The van der Waals surface area contributed by atoms with Gasteiger partial charge in [0.2, 0.25) is 0 Å². The van der Waals surface area contributed by atoms with Gasteiger partial charge in [0.25, 0.3) is 0 Å². The van der Waals surface area contributed by atoms with Gasteiger partial charge in [-0.1, -0.05) is 0 Å². The smallest absolute Gasteiger partial charge is 0.409 e. The summed E-state index contributed by atoms with van der Waals surface area (Å²) in [7, 11) is 1.41. The van der Waals surface area contributed by atoms with Crippen molar-refractivity contribution in [3.63, 3.8) is 0 Å². The van der Waals surface area contributed by atoms with Crippen molar-refractivity contribution in [2.24, 2.45) is 5.73 Å². The van der Waals surface area contributed by atoms with E-state index in [4.69, 9.17) is 15.2 Å². The van der Waals surface area contributed by atoms with E-state index in [1.165, 1.54) is 7.11 Å². The van der Waals surface area contributed by atoms with Crippen LogP contribution in [-0.4, -0.2) is 67.5 Å². The predicted octanol–water partition coefficient (Wildman–Crippen LogP) is 1.69. The minimum atomic E-state index is -0.308. The van der Waals surface area contributed by atoms with Crippen molar-refractivity contribution in [3.8, 4) is 0 Å². The summed E-state index contributed by atoms with van der Waals surface area (Å²) in [5, 5.41) is 2.08. The Labute approximate surface area is 146 Å². The third-order valence-corrected chi connectivity index (χ3v) is 5.50. The number of methoxy groups -OCH3 is 1. The maximum Gasteiger partial charge on any atom is 0.409 e. The van der Waals surface area contributed by atoms with Crippen LogP contribution < -0.4 is 10.6 Å². The number of anilines is 1. The number of hydrogen-bond donors (Lipinski definition) is 1. The SMILES string of the molecule is COC(=O)N1CCC[C@H](N)[C@@H]1COC1CCN(c2cscn2)CC1. The van der Waals surface area contributed by atoms with Crippen LogP contribution in [0.2, 0.25) is 0 Å². The van der Waals surface area contributed by atoms with E-state index in [1.807, 2.05) is 5.51 Å². The van der Waals surface area contributed by atoms with Gasteiger partial charge in [0, 0.05) is 31.1 Å². The Balaban J connectivity index is 1.48. The van der Waals surface area contributed by atoms with Crippen LogP contribution in [0, 0.1) is 0 Å². The van der Waals surface area contributed by atoms with Gasteiger partial charge in [-0.05, 0) is 25.7 Å². The van der Waals surface area contributed by atoms with E-state index in [-0.39, 0.29) is 24.3 Å². The molecular formula is C16H26N4O3S. The number of carbonyl (C=O) groups excluding carboxylic acids is 1. The van der Waals surface area contributed by atoms with E-state index in [0.717, 1.165) is 44.6 Å². The molecule has 7 nitrogen and oxygen atoms in total. The summed E-state index contributed by atoms with van der Waals surface area (Å²) < 4.78 is 11.0. The van der Waals surface area contributed by atoms with E-state index in [9.17, 15) is 4.79 Å². The topological polar surface area (TPSA) is 80.9 Å². The average molecular weight is 354 g/mol. The van der Waals surface area contributed by atoms with E-state index >= 15 is 0 Å². The molecule has 2 fully saturated rings. The zero-order chi connectivity index (χ0) is 16.9. The summed E-state index contributed by atoms with van der Waals surface area (Å²) in [6, 6.07) is -0.143. The van der Waals surface area contributed by atoms with Crippen molar-refractivity contribution >= 4 is 23.2 Å². The van der Waals surface area contributed by atoms with Crippen LogP contribution >= 0.6 is 11.3 Å². The number of nitrogens with zero attached hydrogens (tertiary/aromatic N) is 3. The highest BCUT2D eigenvalue weighted by Gasteiger charge is 2.34. The quantitative estimate of drug-likeness (QED) is 0.886. The first-order valence-corrected chi connectivity index (χ1v) is 9.48. The molecule has 0 unspecified atom stereocenters. The Morgan fingerprint density at radius 1 is 1.38 bits per heavy atom. The lowest BCUT2D eigenvalue weighted by Gasteiger charge is -2.40. The molecule has 1 amide bonds. The molecule has 2 saturated heterocycles. The van der Waals surface area contributed by atoms with Crippen molar-refractivity contribution in [2.45, 2.75) is 43.9 Å². The number of hydrogen-bond acceptors (Lipinski definition) is 7. The molecular weight excluding hydrogens is 328 g/mol. The monoisotopic (exact) mass is 354 g/mol. The Morgan fingerprint density at radius 3 is 2.83 bits per heavy atom. The fourth-order valence-corrected chi connectivity index (χ4v) is 4.05. The zero-order valence-corrected chi connectivity index (χ0v) is 14.9. The number of rotatable bonds is 4. The van der Waals surface area contributed by atoms with Gasteiger partial charge in [0.05, 0.1) is 31.4 Å². The fourth-order valence-electron chi connectivity index (χ4n) is 3.49. The Hall–Kier alpha value is -1.38. The standard InChI is InChI=1S/C16H26N4O3S/c1-22-16(21)20-6-2-3-13(17)14(20)9-23-12-4-7-19(8-5-12)15-10-24-11-18-15/h10-14H,2-9,17H2,1H3/t13-,14-/m0/s1. The fraction of sp³-hybridized carbons (Fsp3) is 0.750. The molecule has 3 rings (SSSR count). The van der Waals surface area contributed by atoms with Crippen LogP contribution in [-0.2, 0) is 9.47 Å². The molecule has 0 radical (unpaired) electrons. The van der Waals surface area contributed by atoms with Gasteiger partial charge in [-0.2, -0.15) is 0 Å². The largest absolute Gasteiger partial charge is 0.453 e. The first-order valence-electron chi connectivity index (χ1n) is 8.54. The molecule has 2 N–H and O–H groups in total. The molecule has 0 spiro atoms. The molecule has 2 aliphatic heterocycles. The predicted molar refractivity (Wildman–Crippen MR) is 93.4 cm³/mol. The van der Waals surface area contributed by atoms with Crippen molar-refractivity contribution in [2.75, 3.05) is 38.3 Å². The van der Waals surface area contributed by atoms with Gasteiger partial charge in [0.1, 0.15) is 5.82 Å². The van der Waals surface area contributed by atoms with Gasteiger partial charge in [-0.3, -0.25) is 0 Å². The molecule has 0 aliphatic carbocycles. The Bertz CT molecular complexity index is 519. The van der Waals surface area contributed by atoms with Crippen LogP contribution in [0.15, 0.2) is 10.9 Å². The van der Waals surface area contributed by atoms with E-state index in [1.54, 1.807) is 16.2 Å². The van der Waals surface area contributed by atoms with Crippen molar-refractivity contribution < 1.29 is 14.3 Å². The number of amides is 1. The van der Waals surface area contributed by atoms with E-state index in [2.05, 4.69) is 15.3 Å². The second kappa shape index (κ2) is 8.13. The van der Waals surface area contributed by atoms with Crippen molar-refractivity contribution in [1.82, 2.24) is 9.88 Å². The summed E-state index contributed by atoms with van der Waals surface area (Å²) in [4.78, 5) is 20.3. The molecule has 24 heavy (non-hydrogen) atoms. The summed E-state index contributed by atoms with van der Waals surface area (Å²) in [6.07, 6.45) is 3.68.